The van der Waals surface area contributed by atoms with Gasteiger partial charge < -0.3 is 56.1 Å². The minimum atomic E-state index is -5.12. The molecule has 1 saturated heterocycles. The van der Waals surface area contributed by atoms with Crippen molar-refractivity contribution in [2.75, 3.05) is 19.8 Å². The van der Waals surface area contributed by atoms with E-state index < -0.39 is 80.3 Å². The molecule has 0 saturated carbocycles. The number of imidazole rings is 1. The number of benzene rings is 1. The van der Waals surface area contributed by atoms with Crippen molar-refractivity contribution in [3.8, 4) is 0 Å². The monoisotopic (exact) mass is 949 g/mol. The molecule has 6 atom stereocenters. The third-order valence-electron chi connectivity index (χ3n) is 11.2. The van der Waals surface area contributed by atoms with Crippen molar-refractivity contribution in [3.05, 3.63) is 54.1 Å². The van der Waals surface area contributed by atoms with Gasteiger partial charge in [-0.1, -0.05) is 76.3 Å². The summed E-state index contributed by atoms with van der Waals surface area (Å²) in [6, 6.07) is 3.57. The summed E-state index contributed by atoms with van der Waals surface area (Å²) in [5, 5.41) is 20.3. The van der Waals surface area contributed by atoms with Crippen molar-refractivity contribution in [3.63, 3.8) is 0 Å². The maximum Gasteiger partial charge on any atom is 0.469 e. The second kappa shape index (κ2) is 28.5. The molecule has 2 aromatic rings. The molecule has 0 spiro atoms. The first-order valence-electron chi connectivity index (χ1n) is 23.1. The van der Waals surface area contributed by atoms with Crippen LogP contribution in [-0.4, -0.2) is 127 Å². The van der Waals surface area contributed by atoms with Crippen LogP contribution in [0.25, 0.3) is 0 Å². The first-order valence-corrected chi connectivity index (χ1v) is 24.6. The summed E-state index contributed by atoms with van der Waals surface area (Å²) in [4.78, 5) is 105. The Kier molecular flexibility index (Phi) is 24.0. The number of primary amides is 1. The average molecular weight is 949 g/mol. The molecule has 6 amide bonds. The molecule has 0 aliphatic carbocycles. The molecule has 21 heteroatoms. The number of ether oxygens (including phenoxy) is 1. The molecule has 0 bridgehead atoms. The maximum absolute atomic E-state index is 14.2. The Morgan fingerprint density at radius 1 is 0.848 bits per heavy atom. The van der Waals surface area contributed by atoms with Crippen molar-refractivity contribution in [1.82, 2.24) is 35.7 Å². The number of aliphatic hydroxyl groups is 1. The molecule has 3 rings (SSSR count). The van der Waals surface area contributed by atoms with Gasteiger partial charge in [0, 0.05) is 31.4 Å². The maximum atomic E-state index is 14.2. The predicted molar refractivity (Wildman–Crippen MR) is 245 cm³/mol. The van der Waals surface area contributed by atoms with Gasteiger partial charge in [-0.15, -0.1) is 0 Å². The fourth-order valence-electron chi connectivity index (χ4n) is 7.80. The summed E-state index contributed by atoms with van der Waals surface area (Å²) >= 11 is 0. The Labute approximate surface area is 388 Å². The van der Waals surface area contributed by atoms with E-state index in [9.17, 15) is 48.2 Å². The minimum Gasteiger partial charge on any atom is -0.394 e. The molecule has 1 aromatic heterocycles. The van der Waals surface area contributed by atoms with E-state index >= 15 is 0 Å². The largest absolute Gasteiger partial charge is 0.469 e. The first-order chi connectivity index (χ1) is 31.3. The van der Waals surface area contributed by atoms with E-state index in [-0.39, 0.29) is 43.8 Å². The van der Waals surface area contributed by atoms with Crippen molar-refractivity contribution in [1.29, 1.82) is 0 Å². The summed E-state index contributed by atoms with van der Waals surface area (Å²) < 4.78 is 23.4. The molecule has 370 valence electrons. The third-order valence-corrected chi connectivity index (χ3v) is 11.8. The quantitative estimate of drug-likeness (QED) is 0.0398. The van der Waals surface area contributed by atoms with Gasteiger partial charge in [0.1, 0.15) is 30.2 Å². The van der Waals surface area contributed by atoms with Gasteiger partial charge in [-0.05, 0) is 70.8 Å². The number of nitrogens with two attached hydrogens (primary N) is 1. The fourth-order valence-corrected chi connectivity index (χ4v) is 8.36. The van der Waals surface area contributed by atoms with Gasteiger partial charge in [-0.25, -0.2) is 9.55 Å². The van der Waals surface area contributed by atoms with E-state index in [2.05, 4.69) is 55.0 Å². The average Bonchev–Trinajstić information content (AvgIpc) is 3.93. The normalized spacial score (nSPS) is 16.3. The third kappa shape index (κ3) is 20.0. The molecule has 9 N–H and O–H groups in total. The number of aliphatic hydroxyl groups excluding tert-OH is 1. The number of aromatic nitrogens is 2. The molecule has 0 radical (unpaired) electrons. The molecular formula is C45H73N8O12P. The number of likely N-dealkylation sites (tertiary alicyclic amines) is 1. The van der Waals surface area contributed by atoms with E-state index in [0.29, 0.717) is 31.6 Å². The molecule has 1 fully saturated rings. The second-order valence-electron chi connectivity index (χ2n) is 17.6. The SMILES string of the molecule is CC(C)C[C@H](NC(=O)[C@@H]1CCCN1C(=O)CCOC(C)C)C(=O)N[C@@H](Cc1cncn1CCCCCCCCCc1ccccc1)C(=O)N[C@@H](CO)C(=O)N[C@H](C(N)=O)[C@@H](C)OP(=O)(O)O. The molecule has 1 aliphatic heterocycles. The molecule has 1 aromatic carbocycles. The van der Waals surface area contributed by atoms with Crippen LogP contribution in [0.1, 0.15) is 117 Å². The van der Waals surface area contributed by atoms with Gasteiger partial charge in [0.2, 0.25) is 35.4 Å². The minimum absolute atomic E-state index is 0.0642. The zero-order valence-corrected chi connectivity index (χ0v) is 40.0. The number of carbonyl (C=O) groups excluding carboxylic acids is 6. The summed E-state index contributed by atoms with van der Waals surface area (Å²) in [6.07, 6.45) is 11.1. The highest BCUT2D eigenvalue weighted by molar-refractivity contribution is 7.46. The Balaban J connectivity index is 1.76. The predicted octanol–water partition coefficient (Wildman–Crippen LogP) is 2.17. The van der Waals surface area contributed by atoms with Crippen molar-refractivity contribution >= 4 is 43.3 Å². The van der Waals surface area contributed by atoms with E-state index in [4.69, 9.17) is 10.5 Å². The lowest BCUT2D eigenvalue weighted by Gasteiger charge is -2.29. The van der Waals surface area contributed by atoms with Crippen molar-refractivity contribution < 1.29 is 57.5 Å². The van der Waals surface area contributed by atoms with Crippen LogP contribution >= 0.6 is 7.82 Å². The number of unbranched alkanes of at least 4 members (excludes halogenated alkanes) is 6. The molecule has 20 nitrogen and oxygen atoms in total. The van der Waals surface area contributed by atoms with Crippen LogP contribution < -0.4 is 27.0 Å². The molecule has 2 heterocycles. The first kappa shape index (κ1) is 55.6. The number of amides is 6. The van der Waals surface area contributed by atoms with E-state index in [1.54, 1.807) is 12.5 Å². The van der Waals surface area contributed by atoms with Crippen molar-refractivity contribution in [2.45, 2.75) is 167 Å². The number of nitrogens with zero attached hydrogens (tertiary/aromatic N) is 3. The molecule has 66 heavy (non-hydrogen) atoms. The van der Waals surface area contributed by atoms with Crippen molar-refractivity contribution in [2.24, 2.45) is 11.7 Å². The highest BCUT2D eigenvalue weighted by atomic mass is 31.2. The number of nitrogens with one attached hydrogen (secondary N) is 4. The Morgan fingerprint density at radius 3 is 2.09 bits per heavy atom. The van der Waals surface area contributed by atoms with Gasteiger partial charge in [0.15, 0.2) is 0 Å². The number of aryl methyl sites for hydroxylation is 2. The summed E-state index contributed by atoms with van der Waals surface area (Å²) in [7, 11) is -5.12. The zero-order valence-electron chi connectivity index (χ0n) is 39.1. The van der Waals surface area contributed by atoms with Crippen LogP contribution in [0.4, 0.5) is 0 Å². The number of hydrogen-bond acceptors (Lipinski definition) is 11. The summed E-state index contributed by atoms with van der Waals surface area (Å²) in [6.45, 7) is 8.68. The molecular weight excluding hydrogens is 876 g/mol. The second-order valence-corrected chi connectivity index (χ2v) is 18.8. The van der Waals surface area contributed by atoms with Gasteiger partial charge in [-0.2, -0.15) is 0 Å². The standard InChI is InChI=1S/C45H73N8O12P/c1-30(2)25-35(49-45(60)38-20-16-23-53(38)39(55)21-24-64-31(3)4)42(57)48-36(43(58)50-37(28-54)44(59)51-40(41(46)56)32(5)65-66(61,62)63)26-34-27-47-29-52(34)22-15-10-8-6-7-9-12-17-33-18-13-11-14-19-33/h11,13-14,18-19,27,29-32,35-38,40,54H,6-10,12,15-17,20-26,28H2,1-5H3,(H2,46,56)(H,48,57)(H,49,60)(H,50,58)(H,51,59)(H2,61,62,63)/t32-,35+,36+,37+,38+,40+/m1/s1. The van der Waals surface area contributed by atoms with Gasteiger partial charge >= 0.3 is 7.82 Å². The van der Waals surface area contributed by atoms with E-state index in [1.807, 2.05) is 38.3 Å². The van der Waals surface area contributed by atoms with Gasteiger partial charge in [0.25, 0.3) is 0 Å². The highest BCUT2D eigenvalue weighted by Gasteiger charge is 2.38. The number of phosphoric acid groups is 1. The smallest absolute Gasteiger partial charge is 0.394 e. The van der Waals surface area contributed by atoms with Crippen LogP contribution in [0.5, 0.6) is 0 Å². The van der Waals surface area contributed by atoms with Gasteiger partial charge in [-0.3, -0.25) is 33.3 Å². The zero-order chi connectivity index (χ0) is 48.8. The van der Waals surface area contributed by atoms with Gasteiger partial charge in [0.05, 0.1) is 38.2 Å². The van der Waals surface area contributed by atoms with Crippen LogP contribution in [0.3, 0.4) is 0 Å². The van der Waals surface area contributed by atoms with E-state index in [1.165, 1.54) is 10.5 Å². The van der Waals surface area contributed by atoms with Crippen LogP contribution in [0, 0.1) is 5.92 Å². The highest BCUT2D eigenvalue weighted by Crippen LogP contribution is 2.38. The number of carbonyl (C=O) groups is 6. The summed E-state index contributed by atoms with van der Waals surface area (Å²) in [5.41, 5.74) is 7.29. The Bertz CT molecular complexity index is 1890. The van der Waals surface area contributed by atoms with E-state index in [0.717, 1.165) is 58.3 Å². The lowest BCUT2D eigenvalue weighted by Crippen LogP contribution is -2.61. The number of phosphoric ester groups is 1. The summed E-state index contributed by atoms with van der Waals surface area (Å²) in [5.74, 6) is -4.85. The number of rotatable bonds is 31. The Hall–Kier alpha value is -4.72. The molecule has 1 aliphatic rings. The lowest BCUT2D eigenvalue weighted by atomic mass is 10.0. The van der Waals surface area contributed by atoms with Crippen LogP contribution in [0.15, 0.2) is 42.9 Å². The Morgan fingerprint density at radius 2 is 1.47 bits per heavy atom. The number of hydrogen-bond donors (Lipinski definition) is 8. The fraction of sp³-hybridized carbons (Fsp3) is 0.667. The lowest BCUT2D eigenvalue weighted by molar-refractivity contribution is -0.140. The molecule has 0 unspecified atom stereocenters. The van der Waals surface area contributed by atoms with Crippen LogP contribution in [-0.2, 0) is 62.0 Å². The van der Waals surface area contributed by atoms with Crippen LogP contribution in [0.2, 0.25) is 0 Å². The topological polar surface area (TPSA) is 294 Å².